The first kappa shape index (κ1) is 14.8. The molecule has 2 unspecified atom stereocenters. The van der Waals surface area contributed by atoms with Gasteiger partial charge in [-0.3, -0.25) is 4.79 Å². The van der Waals surface area contributed by atoms with Gasteiger partial charge in [0, 0.05) is 6.54 Å². The summed E-state index contributed by atoms with van der Waals surface area (Å²) >= 11 is 0. The summed E-state index contributed by atoms with van der Waals surface area (Å²) in [5.74, 6) is 0.659. The minimum atomic E-state index is 0.0172. The zero-order valence-corrected chi connectivity index (χ0v) is 12.7. The van der Waals surface area contributed by atoms with Crippen molar-refractivity contribution < 1.29 is 4.79 Å². The Morgan fingerprint density at radius 3 is 2.74 bits per heavy atom. The molecule has 2 fully saturated rings. The van der Waals surface area contributed by atoms with Crippen molar-refractivity contribution in [1.29, 1.82) is 0 Å². The Morgan fingerprint density at radius 2 is 2.11 bits per heavy atom. The van der Waals surface area contributed by atoms with Crippen LogP contribution in [-0.2, 0) is 4.79 Å². The van der Waals surface area contributed by atoms with Gasteiger partial charge in [-0.2, -0.15) is 0 Å². The molecule has 2 N–H and O–H groups in total. The number of piperidine rings is 2. The molecule has 0 radical (unpaired) electrons. The molecule has 0 saturated carbocycles. The fourth-order valence-electron chi connectivity index (χ4n) is 3.15. The van der Waals surface area contributed by atoms with Crippen LogP contribution in [0.4, 0.5) is 0 Å². The molecular weight excluding hydrogens is 238 g/mol. The SMILES string of the molecule is CC1CCCNC1C(=O)NCC1(C)CCN(C)CC1. The summed E-state index contributed by atoms with van der Waals surface area (Å²) in [5.41, 5.74) is 0.278. The van der Waals surface area contributed by atoms with E-state index in [-0.39, 0.29) is 17.4 Å². The number of hydrogen-bond donors (Lipinski definition) is 2. The third-order valence-electron chi connectivity index (χ3n) is 4.94. The molecule has 0 spiro atoms. The maximum atomic E-state index is 12.3. The highest BCUT2D eigenvalue weighted by Crippen LogP contribution is 2.29. The van der Waals surface area contributed by atoms with Crippen LogP contribution in [0.25, 0.3) is 0 Å². The van der Waals surface area contributed by atoms with E-state index < -0.39 is 0 Å². The van der Waals surface area contributed by atoms with E-state index in [1.165, 1.54) is 19.3 Å². The number of rotatable bonds is 3. The Kier molecular flexibility index (Phi) is 4.85. The number of nitrogens with zero attached hydrogens (tertiary/aromatic N) is 1. The Morgan fingerprint density at radius 1 is 1.42 bits per heavy atom. The minimum Gasteiger partial charge on any atom is -0.354 e. The number of hydrogen-bond acceptors (Lipinski definition) is 3. The van der Waals surface area contributed by atoms with Gasteiger partial charge in [0.1, 0.15) is 0 Å². The largest absolute Gasteiger partial charge is 0.354 e. The van der Waals surface area contributed by atoms with Crippen LogP contribution in [0.15, 0.2) is 0 Å². The molecular formula is C15H29N3O. The summed E-state index contributed by atoms with van der Waals surface area (Å²) in [6.07, 6.45) is 4.71. The summed E-state index contributed by atoms with van der Waals surface area (Å²) in [7, 11) is 2.17. The van der Waals surface area contributed by atoms with Crippen molar-refractivity contribution in [2.24, 2.45) is 11.3 Å². The van der Waals surface area contributed by atoms with E-state index >= 15 is 0 Å². The lowest BCUT2D eigenvalue weighted by Crippen LogP contribution is -2.53. The standard InChI is InChI=1S/C15H29N3O/c1-12-5-4-8-16-13(12)14(19)17-11-15(2)6-9-18(3)10-7-15/h12-13,16H,4-11H2,1-3H3,(H,17,19). The predicted molar refractivity (Wildman–Crippen MR) is 78.0 cm³/mol. The fourth-order valence-corrected chi connectivity index (χ4v) is 3.15. The van der Waals surface area contributed by atoms with Gasteiger partial charge in [-0.15, -0.1) is 0 Å². The summed E-state index contributed by atoms with van der Waals surface area (Å²) in [6.45, 7) is 8.57. The van der Waals surface area contributed by atoms with Gasteiger partial charge in [0.2, 0.25) is 5.91 Å². The average molecular weight is 267 g/mol. The molecule has 2 aliphatic rings. The first-order valence-corrected chi connectivity index (χ1v) is 7.70. The second-order valence-electron chi connectivity index (χ2n) is 6.88. The van der Waals surface area contributed by atoms with E-state index in [9.17, 15) is 4.79 Å². The number of amides is 1. The first-order chi connectivity index (χ1) is 9.00. The fraction of sp³-hybridized carbons (Fsp3) is 0.933. The highest BCUT2D eigenvalue weighted by Gasteiger charge is 2.32. The van der Waals surface area contributed by atoms with Crippen molar-refractivity contribution in [2.45, 2.75) is 45.6 Å². The van der Waals surface area contributed by atoms with Gasteiger partial charge in [0.15, 0.2) is 0 Å². The second-order valence-corrected chi connectivity index (χ2v) is 6.88. The van der Waals surface area contributed by atoms with Gasteiger partial charge in [-0.25, -0.2) is 0 Å². The van der Waals surface area contributed by atoms with Gasteiger partial charge < -0.3 is 15.5 Å². The molecule has 2 rings (SSSR count). The van der Waals surface area contributed by atoms with Crippen molar-refractivity contribution in [1.82, 2.24) is 15.5 Å². The van der Waals surface area contributed by atoms with Crippen molar-refractivity contribution >= 4 is 5.91 Å². The number of likely N-dealkylation sites (tertiary alicyclic amines) is 1. The van der Waals surface area contributed by atoms with E-state index in [4.69, 9.17) is 0 Å². The minimum absolute atomic E-state index is 0.0172. The number of carbonyl (C=O) groups is 1. The van der Waals surface area contributed by atoms with E-state index in [1.54, 1.807) is 0 Å². The third-order valence-corrected chi connectivity index (χ3v) is 4.94. The lowest BCUT2D eigenvalue weighted by molar-refractivity contribution is -0.125. The van der Waals surface area contributed by atoms with Crippen LogP contribution in [-0.4, -0.2) is 50.1 Å². The van der Waals surface area contributed by atoms with Crippen LogP contribution < -0.4 is 10.6 Å². The molecule has 4 nitrogen and oxygen atoms in total. The average Bonchev–Trinajstić information content (AvgIpc) is 2.41. The van der Waals surface area contributed by atoms with E-state index in [0.29, 0.717) is 5.92 Å². The zero-order valence-electron chi connectivity index (χ0n) is 12.7. The topological polar surface area (TPSA) is 44.4 Å². The summed E-state index contributed by atoms with van der Waals surface area (Å²) < 4.78 is 0. The summed E-state index contributed by atoms with van der Waals surface area (Å²) in [4.78, 5) is 14.6. The highest BCUT2D eigenvalue weighted by molar-refractivity contribution is 5.82. The van der Waals surface area contributed by atoms with Crippen LogP contribution in [0.2, 0.25) is 0 Å². The molecule has 110 valence electrons. The van der Waals surface area contributed by atoms with Crippen molar-refractivity contribution in [3.63, 3.8) is 0 Å². The number of carbonyl (C=O) groups excluding carboxylic acids is 1. The van der Waals surface area contributed by atoms with E-state index in [0.717, 1.165) is 32.6 Å². The molecule has 2 heterocycles. The van der Waals surface area contributed by atoms with Gasteiger partial charge in [-0.1, -0.05) is 13.8 Å². The van der Waals surface area contributed by atoms with Crippen molar-refractivity contribution in [3.8, 4) is 0 Å². The van der Waals surface area contributed by atoms with Crippen LogP contribution in [0, 0.1) is 11.3 Å². The molecule has 0 aromatic heterocycles. The smallest absolute Gasteiger partial charge is 0.237 e. The van der Waals surface area contributed by atoms with Gasteiger partial charge >= 0.3 is 0 Å². The van der Waals surface area contributed by atoms with Crippen molar-refractivity contribution in [2.75, 3.05) is 33.2 Å². The lowest BCUT2D eigenvalue weighted by Gasteiger charge is -2.38. The normalized spacial score (nSPS) is 31.9. The molecule has 19 heavy (non-hydrogen) atoms. The Hall–Kier alpha value is -0.610. The molecule has 2 saturated heterocycles. The Labute approximate surface area is 117 Å². The molecule has 4 heteroatoms. The van der Waals surface area contributed by atoms with Gasteiger partial charge in [-0.05, 0) is 63.7 Å². The quantitative estimate of drug-likeness (QED) is 0.808. The first-order valence-electron chi connectivity index (χ1n) is 7.70. The number of nitrogens with one attached hydrogen (secondary N) is 2. The summed E-state index contributed by atoms with van der Waals surface area (Å²) in [5, 5.41) is 6.54. The molecule has 0 aromatic rings. The second kappa shape index (κ2) is 6.23. The van der Waals surface area contributed by atoms with E-state index in [1.807, 2.05) is 0 Å². The Balaban J connectivity index is 1.79. The van der Waals surface area contributed by atoms with E-state index in [2.05, 4.69) is 36.4 Å². The van der Waals surface area contributed by atoms with Gasteiger partial charge in [0.05, 0.1) is 6.04 Å². The maximum absolute atomic E-state index is 12.3. The maximum Gasteiger partial charge on any atom is 0.237 e. The monoisotopic (exact) mass is 267 g/mol. The van der Waals surface area contributed by atoms with Crippen LogP contribution in [0.1, 0.15) is 39.5 Å². The third kappa shape index (κ3) is 3.93. The van der Waals surface area contributed by atoms with Crippen molar-refractivity contribution in [3.05, 3.63) is 0 Å². The molecule has 0 aromatic carbocycles. The Bertz CT molecular complexity index is 311. The molecule has 0 bridgehead atoms. The molecule has 2 aliphatic heterocycles. The molecule has 0 aliphatic carbocycles. The van der Waals surface area contributed by atoms with Crippen LogP contribution in [0.5, 0.6) is 0 Å². The molecule has 2 atom stereocenters. The van der Waals surface area contributed by atoms with Gasteiger partial charge in [0.25, 0.3) is 0 Å². The molecule has 1 amide bonds. The highest BCUT2D eigenvalue weighted by atomic mass is 16.2. The van der Waals surface area contributed by atoms with Crippen LogP contribution >= 0.6 is 0 Å². The summed E-state index contributed by atoms with van der Waals surface area (Å²) in [6, 6.07) is 0.0172. The predicted octanol–water partition coefficient (Wildman–Crippen LogP) is 1.22. The van der Waals surface area contributed by atoms with Crippen LogP contribution in [0.3, 0.4) is 0 Å². The lowest BCUT2D eigenvalue weighted by atomic mass is 9.80. The zero-order chi connectivity index (χ0) is 13.9.